The van der Waals surface area contributed by atoms with Crippen molar-refractivity contribution >= 4 is 11.6 Å². The van der Waals surface area contributed by atoms with E-state index in [9.17, 15) is 0 Å². The van der Waals surface area contributed by atoms with Gasteiger partial charge in [-0.3, -0.25) is 5.32 Å². The number of ether oxygens (including phenoxy) is 1. The Balaban J connectivity index is 2.35. The third-order valence-corrected chi connectivity index (χ3v) is 1.91. The highest BCUT2D eigenvalue weighted by Crippen LogP contribution is 2.08. The summed E-state index contributed by atoms with van der Waals surface area (Å²) in [6, 6.07) is 0.376. The molecule has 0 aromatic rings. The van der Waals surface area contributed by atoms with Gasteiger partial charge in [-0.25, -0.2) is 0 Å². The Hall–Kier alpha value is 0.210. The topological polar surface area (TPSA) is 21.3 Å². The zero-order valence-electron chi connectivity index (χ0n) is 5.73. The molecule has 1 aliphatic rings. The second kappa shape index (κ2) is 2.86. The first kappa shape index (κ1) is 7.32. The summed E-state index contributed by atoms with van der Waals surface area (Å²) >= 11 is 5.74. The van der Waals surface area contributed by atoms with E-state index in [1.807, 2.05) is 6.92 Å². The summed E-state index contributed by atoms with van der Waals surface area (Å²) in [4.78, 5) is 0. The van der Waals surface area contributed by atoms with E-state index in [1.54, 1.807) is 0 Å². The molecule has 0 aliphatic carbocycles. The largest absolute Gasteiger partial charge is 0.374 e. The van der Waals surface area contributed by atoms with Gasteiger partial charge in [0.2, 0.25) is 0 Å². The van der Waals surface area contributed by atoms with Crippen LogP contribution in [0, 0.1) is 0 Å². The van der Waals surface area contributed by atoms with Crippen molar-refractivity contribution < 1.29 is 4.74 Å². The number of halogens is 1. The fourth-order valence-electron chi connectivity index (χ4n) is 0.849. The Morgan fingerprint density at radius 3 is 2.67 bits per heavy atom. The minimum Gasteiger partial charge on any atom is -0.374 e. The fraction of sp³-hybridized carbons (Fsp3) is 1.00. The number of hydrogen-bond acceptors (Lipinski definition) is 2. The maximum absolute atomic E-state index is 5.74. The van der Waals surface area contributed by atoms with E-state index in [0.717, 1.165) is 0 Å². The highest BCUT2D eigenvalue weighted by molar-refractivity contribution is 6.20. The average Bonchev–Trinajstić information content (AvgIpc) is 1.80. The van der Waals surface area contributed by atoms with Crippen LogP contribution in [0.4, 0.5) is 0 Å². The smallest absolute Gasteiger partial charge is 0.106 e. The molecule has 0 radical (unpaired) electrons. The molecule has 0 amide bonds. The molecule has 3 unspecified atom stereocenters. The monoisotopic (exact) mass is 149 g/mol. The lowest BCUT2D eigenvalue weighted by atomic mass is 10.2. The minimum absolute atomic E-state index is 0.00352. The SMILES string of the molecule is CC1NC(Cl)COC1C. The summed E-state index contributed by atoms with van der Waals surface area (Å²) in [6.07, 6.45) is 0.292. The van der Waals surface area contributed by atoms with Gasteiger partial charge in [0, 0.05) is 6.04 Å². The van der Waals surface area contributed by atoms with Gasteiger partial charge < -0.3 is 4.74 Å². The Kier molecular flexibility index (Phi) is 2.33. The molecule has 0 bridgehead atoms. The van der Waals surface area contributed by atoms with Crippen molar-refractivity contribution in [2.45, 2.75) is 31.5 Å². The third kappa shape index (κ3) is 1.81. The molecule has 0 saturated carbocycles. The normalized spacial score (nSPS) is 45.0. The van der Waals surface area contributed by atoms with Crippen molar-refractivity contribution in [3.05, 3.63) is 0 Å². The molecule has 0 spiro atoms. The lowest BCUT2D eigenvalue weighted by molar-refractivity contribution is 0.00486. The van der Waals surface area contributed by atoms with Crippen LogP contribution in [0.5, 0.6) is 0 Å². The van der Waals surface area contributed by atoms with Gasteiger partial charge in [-0.1, -0.05) is 0 Å². The number of hydrogen-bond donors (Lipinski definition) is 1. The number of rotatable bonds is 0. The summed E-state index contributed by atoms with van der Waals surface area (Å²) in [6.45, 7) is 4.73. The van der Waals surface area contributed by atoms with Crippen LogP contribution in [-0.4, -0.2) is 24.3 Å². The van der Waals surface area contributed by atoms with E-state index >= 15 is 0 Å². The number of alkyl halides is 1. The van der Waals surface area contributed by atoms with Crippen molar-refractivity contribution in [1.82, 2.24) is 5.32 Å². The number of morpholine rings is 1. The van der Waals surface area contributed by atoms with E-state index in [2.05, 4.69) is 12.2 Å². The third-order valence-electron chi connectivity index (χ3n) is 1.65. The molecule has 2 nitrogen and oxygen atoms in total. The average molecular weight is 150 g/mol. The molecule has 1 aliphatic heterocycles. The summed E-state index contributed by atoms with van der Waals surface area (Å²) in [5, 5.41) is 3.17. The molecule has 1 heterocycles. The standard InChI is InChI=1S/C6H12ClNO/c1-4-5(2)9-3-6(7)8-4/h4-6,8H,3H2,1-2H3. The first-order chi connectivity index (χ1) is 4.20. The molecule has 0 aromatic carbocycles. The van der Waals surface area contributed by atoms with E-state index in [0.29, 0.717) is 18.8 Å². The summed E-state index contributed by atoms with van der Waals surface area (Å²) in [5.41, 5.74) is -0.00352. The molecular weight excluding hydrogens is 138 g/mol. The van der Waals surface area contributed by atoms with Crippen LogP contribution in [0.1, 0.15) is 13.8 Å². The molecule has 0 aromatic heterocycles. The number of nitrogens with one attached hydrogen (secondary N) is 1. The van der Waals surface area contributed by atoms with Crippen LogP contribution in [0.2, 0.25) is 0 Å². The van der Waals surface area contributed by atoms with Gasteiger partial charge >= 0.3 is 0 Å². The molecule has 9 heavy (non-hydrogen) atoms. The van der Waals surface area contributed by atoms with Gasteiger partial charge in [0.1, 0.15) is 5.50 Å². The van der Waals surface area contributed by atoms with E-state index < -0.39 is 0 Å². The van der Waals surface area contributed by atoms with Gasteiger partial charge in [-0.2, -0.15) is 0 Å². The second-order valence-corrected chi connectivity index (χ2v) is 2.99. The van der Waals surface area contributed by atoms with Gasteiger partial charge in [0.15, 0.2) is 0 Å². The van der Waals surface area contributed by atoms with Crippen LogP contribution in [0.25, 0.3) is 0 Å². The summed E-state index contributed by atoms with van der Waals surface area (Å²) < 4.78 is 5.31. The highest BCUT2D eigenvalue weighted by atomic mass is 35.5. The van der Waals surface area contributed by atoms with E-state index in [4.69, 9.17) is 16.3 Å². The van der Waals surface area contributed by atoms with Gasteiger partial charge in [0.05, 0.1) is 12.7 Å². The zero-order valence-corrected chi connectivity index (χ0v) is 6.48. The van der Waals surface area contributed by atoms with E-state index in [-0.39, 0.29) is 5.50 Å². The Labute approximate surface area is 60.5 Å². The van der Waals surface area contributed by atoms with Crippen molar-refractivity contribution in [3.63, 3.8) is 0 Å². The van der Waals surface area contributed by atoms with Gasteiger partial charge in [-0.15, -0.1) is 11.6 Å². The Morgan fingerprint density at radius 2 is 2.22 bits per heavy atom. The zero-order chi connectivity index (χ0) is 6.85. The van der Waals surface area contributed by atoms with Crippen LogP contribution < -0.4 is 5.32 Å². The van der Waals surface area contributed by atoms with Gasteiger partial charge in [0.25, 0.3) is 0 Å². The molecule has 1 N–H and O–H groups in total. The van der Waals surface area contributed by atoms with Crippen molar-refractivity contribution in [1.29, 1.82) is 0 Å². The second-order valence-electron chi connectivity index (χ2n) is 2.46. The molecule has 3 atom stereocenters. The first-order valence-electron chi connectivity index (χ1n) is 3.22. The molecule has 1 fully saturated rings. The first-order valence-corrected chi connectivity index (χ1v) is 3.65. The lowest BCUT2D eigenvalue weighted by Crippen LogP contribution is -2.49. The quantitative estimate of drug-likeness (QED) is 0.409. The molecular formula is C6H12ClNO. The van der Waals surface area contributed by atoms with Gasteiger partial charge in [-0.05, 0) is 13.8 Å². The summed E-state index contributed by atoms with van der Waals surface area (Å²) in [7, 11) is 0. The molecule has 3 heteroatoms. The minimum atomic E-state index is -0.00352. The van der Waals surface area contributed by atoms with Crippen molar-refractivity contribution in [2.24, 2.45) is 0 Å². The predicted molar refractivity (Wildman–Crippen MR) is 37.7 cm³/mol. The van der Waals surface area contributed by atoms with Crippen molar-refractivity contribution in [2.75, 3.05) is 6.61 Å². The maximum atomic E-state index is 5.74. The van der Waals surface area contributed by atoms with E-state index in [1.165, 1.54) is 0 Å². The lowest BCUT2D eigenvalue weighted by Gasteiger charge is -2.30. The fourth-order valence-corrected chi connectivity index (χ4v) is 1.12. The Bertz CT molecular complexity index is 99.1. The van der Waals surface area contributed by atoms with Crippen LogP contribution in [-0.2, 0) is 4.74 Å². The molecule has 1 saturated heterocycles. The van der Waals surface area contributed by atoms with Crippen LogP contribution >= 0.6 is 11.6 Å². The maximum Gasteiger partial charge on any atom is 0.106 e. The van der Waals surface area contributed by atoms with Crippen molar-refractivity contribution in [3.8, 4) is 0 Å². The van der Waals surface area contributed by atoms with Crippen LogP contribution in [0.15, 0.2) is 0 Å². The molecule has 54 valence electrons. The van der Waals surface area contributed by atoms with Crippen LogP contribution in [0.3, 0.4) is 0 Å². The predicted octanol–water partition coefficient (Wildman–Crippen LogP) is 0.948. The summed E-state index contributed by atoms with van der Waals surface area (Å²) in [5.74, 6) is 0. The Morgan fingerprint density at radius 1 is 1.56 bits per heavy atom. The highest BCUT2D eigenvalue weighted by Gasteiger charge is 2.21. The molecule has 1 rings (SSSR count).